The van der Waals surface area contributed by atoms with Crippen molar-refractivity contribution in [3.63, 3.8) is 0 Å². The predicted octanol–water partition coefficient (Wildman–Crippen LogP) is 4.05. The van der Waals surface area contributed by atoms with E-state index in [1.165, 1.54) is 12.8 Å². The molecule has 0 radical (unpaired) electrons. The fourth-order valence-electron chi connectivity index (χ4n) is 2.76. The average molecular weight is 331 g/mol. The molecule has 1 heterocycles. The molecule has 0 unspecified atom stereocenters. The lowest BCUT2D eigenvalue weighted by atomic mass is 10.2. The molecule has 1 aliphatic rings. The lowest BCUT2D eigenvalue weighted by molar-refractivity contribution is 0.102. The van der Waals surface area contributed by atoms with Gasteiger partial charge in [-0.3, -0.25) is 4.79 Å². The molecule has 1 aromatic heterocycles. The van der Waals surface area contributed by atoms with Crippen LogP contribution >= 0.6 is 11.6 Å². The maximum Gasteiger partial charge on any atom is 0.274 e. The molecule has 0 aliphatic heterocycles. The summed E-state index contributed by atoms with van der Waals surface area (Å²) in [5.41, 5.74) is 1.97. The Balaban J connectivity index is 1.71. The first-order valence-electron chi connectivity index (χ1n) is 7.79. The number of benzene rings is 1. The van der Waals surface area contributed by atoms with Crippen molar-refractivity contribution in [2.24, 2.45) is 0 Å². The second-order valence-corrected chi connectivity index (χ2v) is 6.24. The van der Waals surface area contributed by atoms with E-state index in [0.717, 1.165) is 24.1 Å². The summed E-state index contributed by atoms with van der Waals surface area (Å²) in [5.74, 6) is 0.254. The molecular formula is C17H19ClN4O. The highest BCUT2D eigenvalue weighted by Crippen LogP contribution is 2.22. The first-order chi connectivity index (χ1) is 11.1. The lowest BCUT2D eigenvalue weighted by Gasteiger charge is -2.12. The molecule has 23 heavy (non-hydrogen) atoms. The Morgan fingerprint density at radius 2 is 2.04 bits per heavy atom. The highest BCUT2D eigenvalue weighted by molar-refractivity contribution is 6.30. The number of aryl methyl sites for hydroxylation is 1. The number of amides is 1. The maximum absolute atomic E-state index is 12.4. The van der Waals surface area contributed by atoms with Crippen molar-refractivity contribution >= 4 is 29.1 Å². The van der Waals surface area contributed by atoms with Gasteiger partial charge in [-0.1, -0.05) is 24.4 Å². The van der Waals surface area contributed by atoms with Gasteiger partial charge in [0.1, 0.15) is 5.69 Å². The molecule has 1 aliphatic carbocycles. The summed E-state index contributed by atoms with van der Waals surface area (Å²) < 4.78 is 0. The van der Waals surface area contributed by atoms with Gasteiger partial charge in [0.2, 0.25) is 5.95 Å². The Kier molecular flexibility index (Phi) is 4.76. The SMILES string of the molecule is Cc1cc(Cl)ccc1NC(=O)c1ccnc(NC2CCCC2)n1. The van der Waals surface area contributed by atoms with Gasteiger partial charge in [0.25, 0.3) is 5.91 Å². The van der Waals surface area contributed by atoms with E-state index in [0.29, 0.717) is 22.7 Å². The number of nitrogens with zero attached hydrogens (tertiary/aromatic N) is 2. The zero-order chi connectivity index (χ0) is 16.2. The minimum Gasteiger partial charge on any atom is -0.351 e. The summed E-state index contributed by atoms with van der Waals surface area (Å²) in [6.07, 6.45) is 6.32. The predicted molar refractivity (Wildman–Crippen MR) is 92.1 cm³/mol. The van der Waals surface area contributed by atoms with Gasteiger partial charge >= 0.3 is 0 Å². The number of nitrogens with one attached hydrogen (secondary N) is 2. The van der Waals surface area contributed by atoms with E-state index in [-0.39, 0.29) is 5.91 Å². The number of halogens is 1. The molecule has 2 N–H and O–H groups in total. The number of aromatic nitrogens is 2. The smallest absolute Gasteiger partial charge is 0.274 e. The molecule has 1 saturated carbocycles. The minimum atomic E-state index is -0.257. The van der Waals surface area contributed by atoms with Gasteiger partial charge in [-0.25, -0.2) is 9.97 Å². The van der Waals surface area contributed by atoms with Crippen LogP contribution in [-0.4, -0.2) is 21.9 Å². The highest BCUT2D eigenvalue weighted by atomic mass is 35.5. The quantitative estimate of drug-likeness (QED) is 0.887. The van der Waals surface area contributed by atoms with Crippen LogP contribution in [0.5, 0.6) is 0 Å². The fourth-order valence-corrected chi connectivity index (χ4v) is 2.99. The van der Waals surface area contributed by atoms with Gasteiger partial charge in [-0.2, -0.15) is 0 Å². The number of carbonyl (C=O) groups excluding carboxylic acids is 1. The Morgan fingerprint density at radius 1 is 1.26 bits per heavy atom. The molecule has 1 fully saturated rings. The third-order valence-electron chi connectivity index (χ3n) is 4.01. The van der Waals surface area contributed by atoms with Gasteiger partial charge in [-0.05, 0) is 49.6 Å². The summed E-state index contributed by atoms with van der Waals surface area (Å²) in [6, 6.07) is 7.36. The van der Waals surface area contributed by atoms with Crippen molar-refractivity contribution in [1.29, 1.82) is 0 Å². The van der Waals surface area contributed by atoms with Crippen LogP contribution in [0.4, 0.5) is 11.6 Å². The Morgan fingerprint density at radius 3 is 2.78 bits per heavy atom. The van der Waals surface area contributed by atoms with Crippen LogP contribution in [0.25, 0.3) is 0 Å². The molecule has 5 nitrogen and oxygen atoms in total. The first kappa shape index (κ1) is 15.7. The van der Waals surface area contributed by atoms with Crippen molar-refractivity contribution in [2.45, 2.75) is 38.6 Å². The molecule has 3 rings (SSSR count). The van der Waals surface area contributed by atoms with Crippen LogP contribution in [-0.2, 0) is 0 Å². The average Bonchev–Trinajstić information content (AvgIpc) is 3.03. The fraction of sp³-hybridized carbons (Fsp3) is 0.353. The zero-order valence-corrected chi connectivity index (χ0v) is 13.7. The Hall–Kier alpha value is -2.14. The molecular weight excluding hydrogens is 312 g/mol. The second kappa shape index (κ2) is 6.96. The lowest BCUT2D eigenvalue weighted by Crippen LogP contribution is -2.19. The summed E-state index contributed by atoms with van der Waals surface area (Å²) >= 11 is 5.93. The highest BCUT2D eigenvalue weighted by Gasteiger charge is 2.17. The van der Waals surface area contributed by atoms with Gasteiger partial charge in [0, 0.05) is 22.9 Å². The zero-order valence-electron chi connectivity index (χ0n) is 13.0. The molecule has 0 atom stereocenters. The topological polar surface area (TPSA) is 66.9 Å². The van der Waals surface area contributed by atoms with E-state index in [1.807, 2.05) is 13.0 Å². The Bertz CT molecular complexity index is 713. The van der Waals surface area contributed by atoms with Crippen LogP contribution in [0.2, 0.25) is 5.02 Å². The van der Waals surface area contributed by atoms with Crippen molar-refractivity contribution < 1.29 is 4.79 Å². The van der Waals surface area contributed by atoms with E-state index in [1.54, 1.807) is 24.4 Å². The van der Waals surface area contributed by atoms with Crippen molar-refractivity contribution in [1.82, 2.24) is 9.97 Å². The van der Waals surface area contributed by atoms with E-state index in [9.17, 15) is 4.79 Å². The van der Waals surface area contributed by atoms with Gasteiger partial charge in [0.05, 0.1) is 0 Å². The van der Waals surface area contributed by atoms with E-state index in [4.69, 9.17) is 11.6 Å². The summed E-state index contributed by atoms with van der Waals surface area (Å²) in [4.78, 5) is 20.9. The third-order valence-corrected chi connectivity index (χ3v) is 4.25. The number of hydrogen-bond donors (Lipinski definition) is 2. The van der Waals surface area contributed by atoms with Gasteiger partial charge < -0.3 is 10.6 Å². The maximum atomic E-state index is 12.4. The van der Waals surface area contributed by atoms with E-state index in [2.05, 4.69) is 20.6 Å². The van der Waals surface area contributed by atoms with Crippen LogP contribution in [0.3, 0.4) is 0 Å². The van der Waals surface area contributed by atoms with Crippen LogP contribution < -0.4 is 10.6 Å². The molecule has 6 heteroatoms. The molecule has 120 valence electrons. The molecule has 1 amide bonds. The normalized spacial score (nSPS) is 14.7. The van der Waals surface area contributed by atoms with Crippen LogP contribution in [0.1, 0.15) is 41.7 Å². The first-order valence-corrected chi connectivity index (χ1v) is 8.17. The van der Waals surface area contributed by atoms with Crippen molar-refractivity contribution in [3.8, 4) is 0 Å². The standard InChI is InChI=1S/C17H19ClN4O/c1-11-10-12(18)6-7-14(11)21-16(23)15-8-9-19-17(22-15)20-13-4-2-3-5-13/h6-10,13H,2-5H2,1H3,(H,21,23)(H,19,20,22). The van der Waals surface area contributed by atoms with E-state index < -0.39 is 0 Å². The number of anilines is 2. The summed E-state index contributed by atoms with van der Waals surface area (Å²) in [5, 5.41) is 6.80. The summed E-state index contributed by atoms with van der Waals surface area (Å²) in [7, 11) is 0. The van der Waals surface area contributed by atoms with Crippen molar-refractivity contribution in [2.75, 3.05) is 10.6 Å². The van der Waals surface area contributed by atoms with Crippen LogP contribution in [0.15, 0.2) is 30.5 Å². The third kappa shape index (κ3) is 3.99. The molecule has 1 aromatic carbocycles. The van der Waals surface area contributed by atoms with Crippen LogP contribution in [0, 0.1) is 6.92 Å². The van der Waals surface area contributed by atoms with Crippen molar-refractivity contribution in [3.05, 3.63) is 46.7 Å². The largest absolute Gasteiger partial charge is 0.351 e. The molecule has 0 bridgehead atoms. The van der Waals surface area contributed by atoms with Gasteiger partial charge in [0.15, 0.2) is 0 Å². The number of hydrogen-bond acceptors (Lipinski definition) is 4. The number of rotatable bonds is 4. The minimum absolute atomic E-state index is 0.257. The monoisotopic (exact) mass is 330 g/mol. The Labute approximate surface area is 140 Å². The second-order valence-electron chi connectivity index (χ2n) is 5.80. The molecule has 2 aromatic rings. The van der Waals surface area contributed by atoms with Gasteiger partial charge in [-0.15, -0.1) is 0 Å². The van der Waals surface area contributed by atoms with E-state index >= 15 is 0 Å². The summed E-state index contributed by atoms with van der Waals surface area (Å²) in [6.45, 7) is 1.90. The molecule has 0 saturated heterocycles. The number of carbonyl (C=O) groups is 1. The molecule has 0 spiro atoms.